The van der Waals surface area contributed by atoms with Gasteiger partial charge in [0.05, 0.1) is 23.6 Å². The number of hydrogen-bond donors (Lipinski definition) is 1. The minimum absolute atomic E-state index is 0.288. The van der Waals surface area contributed by atoms with Gasteiger partial charge >= 0.3 is 0 Å². The molecule has 174 valence electrons. The summed E-state index contributed by atoms with van der Waals surface area (Å²) in [5.74, 6) is -2.49. The van der Waals surface area contributed by atoms with Gasteiger partial charge in [0.1, 0.15) is 6.04 Å². The molecule has 3 aromatic carbocycles. The van der Waals surface area contributed by atoms with Crippen LogP contribution in [-0.2, 0) is 14.4 Å². The molecule has 0 bridgehead atoms. The van der Waals surface area contributed by atoms with Crippen LogP contribution in [0.25, 0.3) is 6.08 Å². The number of benzene rings is 3. The van der Waals surface area contributed by atoms with Crippen LogP contribution in [0.5, 0.6) is 0 Å². The summed E-state index contributed by atoms with van der Waals surface area (Å²) in [6.07, 6.45) is 3.76. The van der Waals surface area contributed by atoms with Crippen LogP contribution in [0.1, 0.15) is 17.2 Å². The second-order valence-corrected chi connectivity index (χ2v) is 10.2. The average molecular weight is 549 g/mol. The van der Waals surface area contributed by atoms with E-state index in [-0.39, 0.29) is 17.7 Å². The fourth-order valence-electron chi connectivity index (χ4n) is 5.45. The van der Waals surface area contributed by atoms with Gasteiger partial charge in [-0.1, -0.05) is 51.8 Å². The number of rotatable bonds is 3. The zero-order valence-electron chi connectivity index (χ0n) is 18.3. The lowest BCUT2D eigenvalue weighted by molar-refractivity contribution is -0.128. The molecular weight excluding hydrogens is 530 g/mol. The largest absolute Gasteiger partial charge is 0.357 e. The van der Waals surface area contributed by atoms with Crippen LogP contribution in [0.4, 0.5) is 11.4 Å². The van der Waals surface area contributed by atoms with E-state index in [4.69, 9.17) is 11.6 Å². The summed E-state index contributed by atoms with van der Waals surface area (Å²) in [5.41, 5.74) is 2.99. The zero-order valence-corrected chi connectivity index (χ0v) is 20.6. The Morgan fingerprint density at radius 2 is 1.57 bits per heavy atom. The van der Waals surface area contributed by atoms with Crippen LogP contribution in [0, 0.1) is 11.8 Å². The molecule has 35 heavy (non-hydrogen) atoms. The van der Waals surface area contributed by atoms with Gasteiger partial charge in [-0.25, -0.2) is 4.90 Å². The van der Waals surface area contributed by atoms with E-state index in [1.54, 1.807) is 48.5 Å². The summed E-state index contributed by atoms with van der Waals surface area (Å²) in [6.45, 7) is 0. The normalized spacial score (nSPS) is 24.3. The van der Waals surface area contributed by atoms with Crippen molar-refractivity contribution >= 4 is 62.7 Å². The third-order valence-electron chi connectivity index (χ3n) is 6.93. The molecule has 6 rings (SSSR count). The van der Waals surface area contributed by atoms with Crippen LogP contribution in [-0.4, -0.2) is 28.7 Å². The van der Waals surface area contributed by atoms with Crippen molar-refractivity contribution in [3.63, 3.8) is 0 Å². The molecule has 0 radical (unpaired) electrons. The monoisotopic (exact) mass is 547 g/mol. The smallest absolute Gasteiger partial charge is 0.247 e. The van der Waals surface area contributed by atoms with Gasteiger partial charge in [-0.15, -0.1) is 0 Å². The Kier molecular flexibility index (Phi) is 5.27. The fourth-order valence-corrected chi connectivity index (χ4v) is 5.84. The highest BCUT2D eigenvalue weighted by Gasteiger charge is 2.64. The number of carbonyl (C=O) groups excluding carboxylic acids is 3. The first-order valence-corrected chi connectivity index (χ1v) is 12.4. The van der Waals surface area contributed by atoms with Gasteiger partial charge in [-0.05, 0) is 65.7 Å². The van der Waals surface area contributed by atoms with Gasteiger partial charge < -0.3 is 10.2 Å². The number of fused-ring (bicyclic) bond motifs is 5. The van der Waals surface area contributed by atoms with Gasteiger partial charge in [-0.3, -0.25) is 14.4 Å². The maximum atomic E-state index is 13.8. The highest BCUT2D eigenvalue weighted by atomic mass is 79.9. The van der Waals surface area contributed by atoms with Crippen molar-refractivity contribution < 1.29 is 14.4 Å². The number of amides is 3. The molecule has 0 spiro atoms. The second kappa shape index (κ2) is 8.36. The van der Waals surface area contributed by atoms with E-state index in [0.717, 1.165) is 15.6 Å². The molecule has 3 aliphatic heterocycles. The van der Waals surface area contributed by atoms with Crippen molar-refractivity contribution in [3.8, 4) is 0 Å². The van der Waals surface area contributed by atoms with Gasteiger partial charge in [0.25, 0.3) is 0 Å². The van der Waals surface area contributed by atoms with Crippen molar-refractivity contribution in [1.82, 2.24) is 4.90 Å². The fraction of sp³-hybridized carbons (Fsp3) is 0.148. The van der Waals surface area contributed by atoms with Gasteiger partial charge in [0.2, 0.25) is 17.7 Å². The molecule has 3 aliphatic rings. The van der Waals surface area contributed by atoms with E-state index in [9.17, 15) is 14.4 Å². The number of halogens is 2. The van der Waals surface area contributed by atoms with E-state index < -0.39 is 23.9 Å². The predicted octanol–water partition coefficient (Wildman–Crippen LogP) is 5.26. The summed E-state index contributed by atoms with van der Waals surface area (Å²) in [6, 6.07) is 20.4. The summed E-state index contributed by atoms with van der Waals surface area (Å²) < 4.78 is 0.846. The van der Waals surface area contributed by atoms with E-state index in [0.29, 0.717) is 16.4 Å². The molecule has 0 saturated carbocycles. The van der Waals surface area contributed by atoms with Gasteiger partial charge in [-0.2, -0.15) is 0 Å². The quantitative estimate of drug-likeness (QED) is 0.454. The second-order valence-electron chi connectivity index (χ2n) is 8.82. The molecule has 8 heteroatoms. The summed E-state index contributed by atoms with van der Waals surface area (Å²) in [5, 5.41) is 3.47. The molecule has 0 aromatic heterocycles. The summed E-state index contributed by atoms with van der Waals surface area (Å²) in [4.78, 5) is 44.4. The Morgan fingerprint density at radius 3 is 2.31 bits per heavy atom. The van der Waals surface area contributed by atoms with E-state index in [1.807, 2.05) is 41.4 Å². The third-order valence-corrected chi connectivity index (χ3v) is 7.71. The number of anilines is 2. The first kappa shape index (κ1) is 22.1. The molecule has 3 heterocycles. The number of nitrogens with zero attached hydrogens (tertiary/aromatic N) is 2. The Morgan fingerprint density at radius 1 is 0.886 bits per heavy atom. The third kappa shape index (κ3) is 3.49. The van der Waals surface area contributed by atoms with Crippen LogP contribution < -0.4 is 10.2 Å². The molecule has 3 amide bonds. The van der Waals surface area contributed by atoms with Gasteiger partial charge in [0, 0.05) is 21.4 Å². The average Bonchev–Trinajstić information content (AvgIpc) is 3.34. The van der Waals surface area contributed by atoms with Crippen molar-refractivity contribution in [2.24, 2.45) is 11.8 Å². The highest BCUT2D eigenvalue weighted by Crippen LogP contribution is 2.53. The SMILES string of the molecule is O=C(Nc1ccc(Cl)cc1)[C@@H]1[C@@H]2C(=O)N(c3ccc(Br)cc3)C(=O)[C@@H]2[C@@H]2c3ccccc3C=CN12. The summed E-state index contributed by atoms with van der Waals surface area (Å²) >= 11 is 9.38. The minimum atomic E-state index is -0.845. The first-order valence-electron chi connectivity index (χ1n) is 11.2. The first-order chi connectivity index (χ1) is 16.9. The number of carbonyl (C=O) groups is 3. The Bertz CT molecular complexity index is 1390. The molecule has 0 unspecified atom stereocenters. The van der Waals surface area contributed by atoms with Crippen molar-refractivity contribution in [2.75, 3.05) is 10.2 Å². The summed E-state index contributed by atoms with van der Waals surface area (Å²) in [7, 11) is 0. The topological polar surface area (TPSA) is 69.7 Å². The molecule has 6 nitrogen and oxygen atoms in total. The standard InChI is InChI=1S/C27H19BrClN3O3/c28-16-5-11-19(12-6-16)32-26(34)21-22(27(32)35)24(25(33)30-18-9-7-17(29)8-10-18)31-14-13-15-3-1-2-4-20(15)23(21)31/h1-14,21-24H,(H,30,33)/t21-,22+,23-,24-/m0/s1. The predicted molar refractivity (Wildman–Crippen MR) is 138 cm³/mol. The number of imide groups is 1. The Hall–Kier alpha value is -3.42. The lowest BCUT2D eigenvalue weighted by Gasteiger charge is -2.35. The molecule has 4 atom stereocenters. The van der Waals surface area contributed by atoms with E-state index in [2.05, 4.69) is 21.2 Å². The molecule has 2 fully saturated rings. The molecule has 3 aromatic rings. The van der Waals surface area contributed by atoms with Crippen LogP contribution in [0.2, 0.25) is 5.02 Å². The van der Waals surface area contributed by atoms with E-state index in [1.165, 1.54) is 4.90 Å². The minimum Gasteiger partial charge on any atom is -0.357 e. The van der Waals surface area contributed by atoms with Crippen molar-refractivity contribution in [1.29, 1.82) is 0 Å². The van der Waals surface area contributed by atoms with E-state index >= 15 is 0 Å². The van der Waals surface area contributed by atoms with Crippen molar-refractivity contribution in [2.45, 2.75) is 12.1 Å². The maximum absolute atomic E-state index is 13.8. The van der Waals surface area contributed by atoms with Crippen molar-refractivity contribution in [3.05, 3.63) is 99.6 Å². The molecule has 2 saturated heterocycles. The highest BCUT2D eigenvalue weighted by molar-refractivity contribution is 9.10. The Balaban J connectivity index is 1.43. The van der Waals surface area contributed by atoms with Crippen LogP contribution >= 0.6 is 27.5 Å². The van der Waals surface area contributed by atoms with Gasteiger partial charge in [0.15, 0.2) is 0 Å². The lowest BCUT2D eigenvalue weighted by atomic mass is 9.84. The van der Waals surface area contributed by atoms with Crippen LogP contribution in [0.3, 0.4) is 0 Å². The molecule has 0 aliphatic carbocycles. The Labute approximate surface area is 215 Å². The molecular formula is C27H19BrClN3O3. The molecule has 1 N–H and O–H groups in total. The zero-order chi connectivity index (χ0) is 24.3. The van der Waals surface area contributed by atoms with Crippen LogP contribution in [0.15, 0.2) is 83.5 Å². The maximum Gasteiger partial charge on any atom is 0.247 e. The number of hydrogen-bond acceptors (Lipinski definition) is 4. The number of nitrogens with one attached hydrogen (secondary N) is 1. The lowest BCUT2D eigenvalue weighted by Crippen LogP contribution is -2.46.